The zero-order valence-corrected chi connectivity index (χ0v) is 19.9. The molecule has 6 nitrogen and oxygen atoms in total. The van der Waals surface area contributed by atoms with Crippen LogP contribution in [0, 0.1) is 0 Å². The van der Waals surface area contributed by atoms with Crippen LogP contribution in [0.15, 0.2) is 52.6 Å². The minimum Gasteiger partial charge on any atom is -0.481 e. The highest BCUT2D eigenvalue weighted by molar-refractivity contribution is 7.13. The summed E-state index contributed by atoms with van der Waals surface area (Å²) in [7, 11) is 3.67. The van der Waals surface area contributed by atoms with E-state index in [9.17, 15) is 9.59 Å². The summed E-state index contributed by atoms with van der Waals surface area (Å²) in [6.07, 6.45) is -0.111. The Labute approximate surface area is 202 Å². The number of fused-ring (bicyclic) bond motifs is 3. The summed E-state index contributed by atoms with van der Waals surface area (Å²) in [4.78, 5) is 28.7. The highest BCUT2D eigenvalue weighted by atomic mass is 35.5. The fraction of sp³-hybridized carbons (Fsp3) is 0.125. The molecule has 0 aliphatic rings. The third kappa shape index (κ3) is 3.62. The molecule has 0 radical (unpaired) electrons. The molecule has 0 unspecified atom stereocenters. The first-order valence-corrected chi connectivity index (χ1v) is 11.6. The number of rotatable bonds is 4. The van der Waals surface area contributed by atoms with E-state index in [1.165, 1.54) is 11.3 Å². The van der Waals surface area contributed by atoms with E-state index in [1.807, 2.05) is 35.9 Å². The molecule has 5 rings (SSSR count). The number of aliphatic carboxylic acids is 1. The van der Waals surface area contributed by atoms with Crippen LogP contribution in [0.4, 0.5) is 0 Å². The SMILES string of the molecule is Cn1c(=O)c(-c2ccc(Cl)cc2Cl)cc2c3cc(-c4nc(CC(=O)O)cs4)ccc3n(C)c21. The Morgan fingerprint density at radius 1 is 1.03 bits per heavy atom. The van der Waals surface area contributed by atoms with Crippen LogP contribution in [0.1, 0.15) is 5.69 Å². The number of hydrogen-bond donors (Lipinski definition) is 1. The second kappa shape index (κ2) is 8.02. The maximum atomic E-state index is 13.2. The van der Waals surface area contributed by atoms with Crippen molar-refractivity contribution in [3.8, 4) is 21.7 Å². The van der Waals surface area contributed by atoms with Crippen molar-refractivity contribution in [2.45, 2.75) is 6.42 Å². The first-order valence-electron chi connectivity index (χ1n) is 9.98. The average Bonchev–Trinajstić information content (AvgIpc) is 3.33. The number of thiazole rings is 1. The molecule has 0 saturated carbocycles. The highest BCUT2D eigenvalue weighted by Gasteiger charge is 2.18. The standard InChI is InChI=1S/C24H17Cl2N3O3S/c1-28-20-6-3-12(22-27-14(11-33-22)9-21(30)31)7-16(20)17-10-18(24(32)29(2)23(17)28)15-5-4-13(25)8-19(15)26/h3-8,10-11H,9H2,1-2H3,(H,30,31). The van der Waals surface area contributed by atoms with Crippen molar-refractivity contribution in [1.29, 1.82) is 0 Å². The predicted octanol–water partition coefficient (Wildman–Crippen LogP) is 5.75. The highest BCUT2D eigenvalue weighted by Crippen LogP contribution is 2.35. The maximum absolute atomic E-state index is 13.2. The van der Waals surface area contributed by atoms with Crippen LogP contribution < -0.4 is 5.56 Å². The van der Waals surface area contributed by atoms with Gasteiger partial charge in [-0.05, 0) is 36.4 Å². The lowest BCUT2D eigenvalue weighted by Crippen LogP contribution is -2.20. The Bertz CT molecular complexity index is 1650. The quantitative estimate of drug-likeness (QED) is 0.342. The van der Waals surface area contributed by atoms with Crippen molar-refractivity contribution in [3.63, 3.8) is 0 Å². The molecule has 33 heavy (non-hydrogen) atoms. The molecule has 0 fully saturated rings. The van der Waals surface area contributed by atoms with Gasteiger partial charge in [-0.15, -0.1) is 11.3 Å². The van der Waals surface area contributed by atoms with E-state index in [-0.39, 0.29) is 12.0 Å². The number of aryl methyl sites for hydroxylation is 2. The molecule has 1 N–H and O–H groups in total. The molecule has 3 heterocycles. The molecule has 0 amide bonds. The monoisotopic (exact) mass is 497 g/mol. The Morgan fingerprint density at radius 3 is 2.55 bits per heavy atom. The van der Waals surface area contributed by atoms with Crippen LogP contribution >= 0.6 is 34.5 Å². The van der Waals surface area contributed by atoms with Crippen LogP contribution in [0.2, 0.25) is 10.0 Å². The van der Waals surface area contributed by atoms with Crippen molar-refractivity contribution >= 4 is 62.4 Å². The number of carboxylic acids is 1. The minimum atomic E-state index is -0.911. The number of carboxylic acid groups (broad SMARTS) is 1. The van der Waals surface area contributed by atoms with Crippen molar-refractivity contribution in [3.05, 3.63) is 73.9 Å². The average molecular weight is 498 g/mol. The molecule has 3 aromatic heterocycles. The number of benzene rings is 2. The summed E-state index contributed by atoms with van der Waals surface area (Å²) in [5.41, 5.74) is 4.12. The first-order chi connectivity index (χ1) is 15.7. The van der Waals surface area contributed by atoms with E-state index in [0.29, 0.717) is 26.9 Å². The Hall–Kier alpha value is -3.13. The summed E-state index contributed by atoms with van der Waals surface area (Å²) in [6, 6.07) is 12.9. The normalized spacial score (nSPS) is 11.5. The Morgan fingerprint density at radius 2 is 1.82 bits per heavy atom. The van der Waals surface area contributed by atoms with Gasteiger partial charge in [0.1, 0.15) is 10.7 Å². The molecule has 0 aliphatic carbocycles. The first kappa shape index (κ1) is 21.7. The van der Waals surface area contributed by atoms with E-state index in [2.05, 4.69) is 4.98 Å². The van der Waals surface area contributed by atoms with Crippen LogP contribution in [-0.2, 0) is 25.3 Å². The third-order valence-electron chi connectivity index (χ3n) is 5.70. The predicted molar refractivity (Wildman–Crippen MR) is 134 cm³/mol. The van der Waals surface area contributed by atoms with E-state index in [1.54, 1.807) is 35.2 Å². The zero-order valence-electron chi connectivity index (χ0n) is 17.6. The van der Waals surface area contributed by atoms with Gasteiger partial charge in [-0.25, -0.2) is 4.98 Å². The van der Waals surface area contributed by atoms with Crippen LogP contribution in [0.25, 0.3) is 43.6 Å². The van der Waals surface area contributed by atoms with Gasteiger partial charge in [-0.3, -0.25) is 14.2 Å². The molecule has 0 atom stereocenters. The van der Waals surface area contributed by atoms with Gasteiger partial charge in [0.05, 0.1) is 22.7 Å². The molecule has 9 heteroatoms. The van der Waals surface area contributed by atoms with Crippen LogP contribution in [0.3, 0.4) is 0 Å². The lowest BCUT2D eigenvalue weighted by Gasteiger charge is -2.09. The molecule has 166 valence electrons. The summed E-state index contributed by atoms with van der Waals surface area (Å²) in [5.74, 6) is -0.911. The van der Waals surface area contributed by atoms with E-state index in [0.717, 1.165) is 32.5 Å². The van der Waals surface area contributed by atoms with E-state index < -0.39 is 5.97 Å². The Balaban J connectivity index is 1.75. The number of hydrogen-bond acceptors (Lipinski definition) is 4. The molecule has 0 spiro atoms. The van der Waals surface area contributed by atoms with Crippen LogP contribution in [0.5, 0.6) is 0 Å². The van der Waals surface area contributed by atoms with Gasteiger partial charge >= 0.3 is 5.97 Å². The van der Waals surface area contributed by atoms with E-state index >= 15 is 0 Å². The molecular weight excluding hydrogens is 481 g/mol. The molecule has 0 saturated heterocycles. The summed E-state index contributed by atoms with van der Waals surface area (Å²) >= 11 is 13.9. The number of nitrogens with zero attached hydrogens (tertiary/aromatic N) is 3. The fourth-order valence-corrected chi connectivity index (χ4v) is 5.53. The second-order valence-electron chi connectivity index (χ2n) is 7.79. The summed E-state index contributed by atoms with van der Waals surface area (Å²) < 4.78 is 3.62. The van der Waals surface area contributed by atoms with Gasteiger partial charge in [0.2, 0.25) is 0 Å². The van der Waals surface area contributed by atoms with Crippen molar-refractivity contribution in [2.24, 2.45) is 14.1 Å². The van der Waals surface area contributed by atoms with Crippen molar-refractivity contribution < 1.29 is 9.90 Å². The third-order valence-corrected chi connectivity index (χ3v) is 7.19. The lowest BCUT2D eigenvalue weighted by molar-refractivity contribution is -0.136. The van der Waals surface area contributed by atoms with Crippen LogP contribution in [-0.4, -0.2) is 25.2 Å². The van der Waals surface area contributed by atoms with Gasteiger partial charge < -0.3 is 9.67 Å². The lowest BCUT2D eigenvalue weighted by atomic mass is 10.0. The van der Waals surface area contributed by atoms with E-state index in [4.69, 9.17) is 28.3 Å². The zero-order chi connectivity index (χ0) is 23.4. The number of halogens is 2. The van der Waals surface area contributed by atoms with Gasteiger partial charge in [0, 0.05) is 52.0 Å². The summed E-state index contributed by atoms with van der Waals surface area (Å²) in [6.45, 7) is 0. The number of pyridine rings is 1. The molecular formula is C24H17Cl2N3O3S. The largest absolute Gasteiger partial charge is 0.481 e. The molecule has 0 bridgehead atoms. The smallest absolute Gasteiger partial charge is 0.309 e. The van der Waals surface area contributed by atoms with Crippen molar-refractivity contribution in [1.82, 2.24) is 14.1 Å². The van der Waals surface area contributed by atoms with Gasteiger partial charge in [-0.2, -0.15) is 0 Å². The Kier molecular flexibility index (Phi) is 5.28. The number of aromatic nitrogens is 3. The van der Waals surface area contributed by atoms with Gasteiger partial charge in [0.25, 0.3) is 5.56 Å². The molecule has 5 aromatic rings. The minimum absolute atomic E-state index is 0.111. The summed E-state index contributed by atoms with van der Waals surface area (Å²) in [5, 5.41) is 14.3. The fourth-order valence-electron chi connectivity index (χ4n) is 4.20. The second-order valence-corrected chi connectivity index (χ2v) is 9.49. The number of carbonyl (C=O) groups is 1. The molecule has 2 aromatic carbocycles. The maximum Gasteiger partial charge on any atom is 0.309 e. The van der Waals surface area contributed by atoms with Crippen molar-refractivity contribution in [2.75, 3.05) is 0 Å². The van der Waals surface area contributed by atoms with Gasteiger partial charge in [-0.1, -0.05) is 29.3 Å². The van der Waals surface area contributed by atoms with Gasteiger partial charge in [0.15, 0.2) is 0 Å². The molecule has 0 aliphatic heterocycles. The topological polar surface area (TPSA) is 77.1 Å².